The Morgan fingerprint density at radius 3 is 2.23 bits per heavy atom. The fraction of sp³-hybridized carbons (Fsp3) is 0.154. The molecule has 3 aromatic rings. The minimum atomic E-state index is -0.456. The average molecular weight is 428 g/mol. The summed E-state index contributed by atoms with van der Waals surface area (Å²) in [4.78, 5) is 14.7. The molecule has 0 bridgehead atoms. The van der Waals surface area contributed by atoms with E-state index in [9.17, 15) is 10.1 Å². The standard InChI is InChI=1S/C26H25N3OS/c1-26(2,3)20-13-15-21(16-14-20)28-18-19(17-27)25(30)29-23-11-7-8-12-24(23)31-22-9-5-4-6-10-22/h4-16,18,28H,1-3H3,(H,29,30)/b19-18-. The molecule has 0 heterocycles. The molecule has 0 aromatic heterocycles. The van der Waals surface area contributed by atoms with Crippen molar-refractivity contribution < 1.29 is 4.79 Å². The van der Waals surface area contributed by atoms with Crippen LogP contribution in [0.3, 0.4) is 0 Å². The maximum atomic E-state index is 12.7. The van der Waals surface area contributed by atoms with Crippen molar-refractivity contribution in [2.24, 2.45) is 0 Å². The van der Waals surface area contributed by atoms with E-state index in [2.05, 4.69) is 31.4 Å². The molecule has 156 valence electrons. The molecule has 0 aliphatic heterocycles. The van der Waals surface area contributed by atoms with Gasteiger partial charge in [0.05, 0.1) is 5.69 Å². The molecule has 0 aliphatic carbocycles. The molecule has 5 heteroatoms. The average Bonchev–Trinajstić information content (AvgIpc) is 2.76. The largest absolute Gasteiger partial charge is 0.360 e. The highest BCUT2D eigenvalue weighted by molar-refractivity contribution is 7.99. The molecule has 1 amide bonds. The van der Waals surface area contributed by atoms with Gasteiger partial charge in [0.15, 0.2) is 0 Å². The van der Waals surface area contributed by atoms with E-state index >= 15 is 0 Å². The summed E-state index contributed by atoms with van der Waals surface area (Å²) in [6, 6.07) is 27.4. The summed E-state index contributed by atoms with van der Waals surface area (Å²) in [5, 5.41) is 15.4. The van der Waals surface area contributed by atoms with Crippen molar-refractivity contribution in [1.82, 2.24) is 0 Å². The summed E-state index contributed by atoms with van der Waals surface area (Å²) < 4.78 is 0. The number of nitrogens with one attached hydrogen (secondary N) is 2. The van der Waals surface area contributed by atoms with E-state index in [-0.39, 0.29) is 11.0 Å². The molecule has 0 aliphatic rings. The number of amides is 1. The van der Waals surface area contributed by atoms with Crippen LogP contribution >= 0.6 is 11.8 Å². The number of carbonyl (C=O) groups excluding carboxylic acids is 1. The molecule has 4 nitrogen and oxygen atoms in total. The van der Waals surface area contributed by atoms with Crippen LogP contribution in [0.5, 0.6) is 0 Å². The van der Waals surface area contributed by atoms with Gasteiger partial charge in [0.25, 0.3) is 5.91 Å². The Morgan fingerprint density at radius 2 is 1.58 bits per heavy atom. The first-order chi connectivity index (χ1) is 14.9. The van der Waals surface area contributed by atoms with Crippen molar-refractivity contribution in [3.8, 4) is 6.07 Å². The molecule has 0 saturated heterocycles. The molecule has 3 rings (SSSR count). The normalized spacial score (nSPS) is 11.5. The first-order valence-corrected chi connectivity index (χ1v) is 10.8. The van der Waals surface area contributed by atoms with Crippen LogP contribution in [-0.4, -0.2) is 5.91 Å². The summed E-state index contributed by atoms with van der Waals surface area (Å²) in [6.07, 6.45) is 1.44. The lowest BCUT2D eigenvalue weighted by molar-refractivity contribution is -0.112. The Kier molecular flexibility index (Phi) is 7.17. The summed E-state index contributed by atoms with van der Waals surface area (Å²) in [5.74, 6) is -0.456. The quantitative estimate of drug-likeness (QED) is 0.344. The van der Waals surface area contributed by atoms with E-state index in [0.717, 1.165) is 15.5 Å². The van der Waals surface area contributed by atoms with Gasteiger partial charge in [-0.2, -0.15) is 5.26 Å². The highest BCUT2D eigenvalue weighted by Gasteiger charge is 2.14. The van der Waals surface area contributed by atoms with Crippen LogP contribution in [0.4, 0.5) is 11.4 Å². The first-order valence-electron chi connectivity index (χ1n) is 9.97. The maximum Gasteiger partial charge on any atom is 0.267 e. The molecule has 0 atom stereocenters. The number of rotatable bonds is 6. The van der Waals surface area contributed by atoms with Crippen molar-refractivity contribution in [3.63, 3.8) is 0 Å². The lowest BCUT2D eigenvalue weighted by Crippen LogP contribution is -2.15. The fourth-order valence-corrected chi connectivity index (χ4v) is 3.76. The fourth-order valence-electron chi connectivity index (χ4n) is 2.83. The Morgan fingerprint density at radius 1 is 0.935 bits per heavy atom. The van der Waals surface area contributed by atoms with Gasteiger partial charge in [0.2, 0.25) is 0 Å². The topological polar surface area (TPSA) is 64.9 Å². The van der Waals surface area contributed by atoms with Gasteiger partial charge in [0.1, 0.15) is 11.6 Å². The SMILES string of the molecule is CC(C)(C)c1ccc(N/C=C(/C#N)C(=O)Nc2ccccc2Sc2ccccc2)cc1. The highest BCUT2D eigenvalue weighted by Crippen LogP contribution is 2.33. The lowest BCUT2D eigenvalue weighted by atomic mass is 9.87. The van der Waals surface area contributed by atoms with Gasteiger partial charge in [-0.05, 0) is 47.4 Å². The van der Waals surface area contributed by atoms with Gasteiger partial charge in [-0.15, -0.1) is 0 Å². The number of nitriles is 1. The number of para-hydroxylation sites is 1. The van der Waals surface area contributed by atoms with Gasteiger partial charge >= 0.3 is 0 Å². The zero-order chi connectivity index (χ0) is 22.3. The van der Waals surface area contributed by atoms with Crippen molar-refractivity contribution >= 4 is 29.0 Å². The van der Waals surface area contributed by atoms with E-state index in [1.54, 1.807) is 11.8 Å². The van der Waals surface area contributed by atoms with Crippen LogP contribution in [0.25, 0.3) is 0 Å². The second-order valence-corrected chi connectivity index (χ2v) is 9.12. The number of anilines is 2. The van der Waals surface area contributed by atoms with Crippen LogP contribution in [0.15, 0.2) is 100 Å². The minimum Gasteiger partial charge on any atom is -0.360 e. The molecule has 31 heavy (non-hydrogen) atoms. The molecule has 0 unspecified atom stereocenters. The molecule has 3 aromatic carbocycles. The Hall–Kier alpha value is -3.49. The van der Waals surface area contributed by atoms with Crippen LogP contribution in [0.2, 0.25) is 0 Å². The van der Waals surface area contributed by atoms with E-state index < -0.39 is 5.91 Å². The van der Waals surface area contributed by atoms with Crippen LogP contribution in [0.1, 0.15) is 26.3 Å². The smallest absolute Gasteiger partial charge is 0.267 e. The van der Waals surface area contributed by atoms with Gasteiger partial charge < -0.3 is 10.6 Å². The third-order valence-electron chi connectivity index (χ3n) is 4.61. The van der Waals surface area contributed by atoms with Gasteiger partial charge in [-0.25, -0.2) is 0 Å². The zero-order valence-corrected chi connectivity index (χ0v) is 18.7. The molecule has 0 saturated carbocycles. The van der Waals surface area contributed by atoms with Crippen molar-refractivity contribution in [2.75, 3.05) is 10.6 Å². The molecule has 0 radical (unpaired) electrons. The number of carbonyl (C=O) groups is 1. The summed E-state index contributed by atoms with van der Waals surface area (Å²) in [7, 11) is 0. The number of nitrogens with zero attached hydrogens (tertiary/aromatic N) is 1. The monoisotopic (exact) mass is 427 g/mol. The van der Waals surface area contributed by atoms with Crippen LogP contribution in [0, 0.1) is 11.3 Å². The third kappa shape index (κ3) is 6.24. The molecular weight excluding hydrogens is 402 g/mol. The van der Waals surface area contributed by atoms with Crippen LogP contribution < -0.4 is 10.6 Å². The van der Waals surface area contributed by atoms with E-state index in [0.29, 0.717) is 5.69 Å². The minimum absolute atomic E-state index is 0.000544. The molecular formula is C26H25N3OS. The summed E-state index contributed by atoms with van der Waals surface area (Å²) >= 11 is 1.56. The summed E-state index contributed by atoms with van der Waals surface area (Å²) in [5.41, 5.74) is 2.76. The number of hydrogen-bond acceptors (Lipinski definition) is 4. The Balaban J connectivity index is 1.71. The second-order valence-electron chi connectivity index (χ2n) is 8.01. The van der Waals surface area contributed by atoms with Crippen molar-refractivity contribution in [3.05, 3.63) is 96.2 Å². The number of hydrogen-bond donors (Lipinski definition) is 2. The lowest BCUT2D eigenvalue weighted by Gasteiger charge is -2.19. The zero-order valence-electron chi connectivity index (χ0n) is 17.8. The molecule has 2 N–H and O–H groups in total. The van der Waals surface area contributed by atoms with Crippen molar-refractivity contribution in [1.29, 1.82) is 5.26 Å². The third-order valence-corrected chi connectivity index (χ3v) is 5.69. The second kappa shape index (κ2) is 10.0. The highest BCUT2D eigenvalue weighted by atomic mass is 32.2. The van der Waals surface area contributed by atoms with E-state index in [1.165, 1.54) is 11.8 Å². The predicted molar refractivity (Wildman–Crippen MR) is 128 cm³/mol. The molecule has 0 spiro atoms. The first kappa shape index (κ1) is 22.2. The van der Waals surface area contributed by atoms with Crippen molar-refractivity contribution in [2.45, 2.75) is 36.0 Å². The Labute approximate surface area is 188 Å². The maximum absolute atomic E-state index is 12.7. The van der Waals surface area contributed by atoms with E-state index in [1.807, 2.05) is 84.9 Å². The van der Waals surface area contributed by atoms with Gasteiger partial charge in [-0.3, -0.25) is 4.79 Å². The Bertz CT molecular complexity index is 1110. The van der Waals surface area contributed by atoms with Crippen LogP contribution in [-0.2, 0) is 10.2 Å². The predicted octanol–water partition coefficient (Wildman–Crippen LogP) is 6.59. The van der Waals surface area contributed by atoms with E-state index in [4.69, 9.17) is 0 Å². The van der Waals surface area contributed by atoms with Gasteiger partial charge in [-0.1, -0.05) is 75.0 Å². The number of benzene rings is 3. The summed E-state index contributed by atoms with van der Waals surface area (Å²) in [6.45, 7) is 6.46. The molecule has 0 fully saturated rings. The van der Waals surface area contributed by atoms with Gasteiger partial charge in [0, 0.05) is 21.7 Å².